The lowest BCUT2D eigenvalue weighted by Gasteiger charge is -2.37. The van der Waals surface area contributed by atoms with Crippen molar-refractivity contribution in [3.63, 3.8) is 0 Å². The van der Waals surface area contributed by atoms with Gasteiger partial charge in [0.25, 0.3) is 5.91 Å². The van der Waals surface area contributed by atoms with Crippen LogP contribution < -0.4 is 0 Å². The fourth-order valence-corrected chi connectivity index (χ4v) is 4.33. The number of rotatable bonds is 2. The number of furan rings is 1. The second-order valence-corrected chi connectivity index (χ2v) is 7.35. The maximum atomic E-state index is 12.9. The molecule has 1 aliphatic carbocycles. The summed E-state index contributed by atoms with van der Waals surface area (Å²) in [6.45, 7) is 5.43. The lowest BCUT2D eigenvalue weighted by molar-refractivity contribution is 0.0546. The van der Waals surface area contributed by atoms with Gasteiger partial charge in [0, 0.05) is 43.2 Å². The number of hydrogen-bond acceptors (Lipinski definition) is 3. The molecule has 2 aliphatic rings. The molecule has 4 nitrogen and oxygen atoms in total. The Morgan fingerprint density at radius 1 is 1.17 bits per heavy atom. The number of piperazine rings is 1. The van der Waals surface area contributed by atoms with Crippen molar-refractivity contribution >= 4 is 28.5 Å². The van der Waals surface area contributed by atoms with Gasteiger partial charge in [-0.3, -0.25) is 9.69 Å². The second-order valence-electron chi connectivity index (χ2n) is 6.94. The van der Waals surface area contributed by atoms with Crippen LogP contribution in [0.4, 0.5) is 0 Å². The minimum atomic E-state index is -0.00848. The third-order valence-corrected chi connectivity index (χ3v) is 5.85. The van der Waals surface area contributed by atoms with Crippen LogP contribution in [0, 0.1) is 6.92 Å². The van der Waals surface area contributed by atoms with Crippen molar-refractivity contribution in [2.75, 3.05) is 26.2 Å². The Balaban J connectivity index is 1.50. The Kier molecular flexibility index (Phi) is 4.27. The third kappa shape index (κ3) is 2.72. The van der Waals surface area contributed by atoms with E-state index in [1.165, 1.54) is 25.7 Å². The number of halogens is 1. The number of amides is 1. The van der Waals surface area contributed by atoms with Gasteiger partial charge in [-0.25, -0.2) is 0 Å². The number of hydrogen-bond donors (Lipinski definition) is 0. The molecule has 1 saturated carbocycles. The molecule has 0 spiro atoms. The van der Waals surface area contributed by atoms with Crippen LogP contribution in [0.1, 0.15) is 41.8 Å². The van der Waals surface area contributed by atoms with Crippen molar-refractivity contribution in [1.82, 2.24) is 9.80 Å². The molecule has 128 valence electrons. The summed E-state index contributed by atoms with van der Waals surface area (Å²) < 4.78 is 5.83. The molecule has 0 atom stereocenters. The smallest absolute Gasteiger partial charge is 0.289 e. The summed E-state index contributed by atoms with van der Waals surface area (Å²) in [5.74, 6) is 0.429. The summed E-state index contributed by atoms with van der Waals surface area (Å²) >= 11 is 6.20. The topological polar surface area (TPSA) is 36.7 Å². The zero-order valence-electron chi connectivity index (χ0n) is 14.1. The first-order chi connectivity index (χ1) is 11.6. The van der Waals surface area contributed by atoms with Gasteiger partial charge in [-0.2, -0.15) is 0 Å². The number of carbonyl (C=O) groups is 1. The van der Waals surface area contributed by atoms with Crippen LogP contribution in [0.25, 0.3) is 11.0 Å². The van der Waals surface area contributed by atoms with E-state index in [0.717, 1.165) is 43.2 Å². The van der Waals surface area contributed by atoms with Crippen LogP contribution in [0.5, 0.6) is 0 Å². The van der Waals surface area contributed by atoms with E-state index in [2.05, 4.69) is 4.90 Å². The highest BCUT2D eigenvalue weighted by atomic mass is 35.5. The van der Waals surface area contributed by atoms with E-state index >= 15 is 0 Å². The molecule has 1 aromatic carbocycles. The van der Waals surface area contributed by atoms with E-state index in [0.29, 0.717) is 16.4 Å². The van der Waals surface area contributed by atoms with Crippen molar-refractivity contribution in [2.45, 2.75) is 38.6 Å². The van der Waals surface area contributed by atoms with Gasteiger partial charge in [0.05, 0.1) is 5.02 Å². The molecule has 1 saturated heterocycles. The summed E-state index contributed by atoms with van der Waals surface area (Å²) in [5.41, 5.74) is 1.50. The first-order valence-corrected chi connectivity index (χ1v) is 9.24. The number of aryl methyl sites for hydroxylation is 1. The lowest BCUT2D eigenvalue weighted by Crippen LogP contribution is -2.51. The van der Waals surface area contributed by atoms with E-state index in [1.807, 2.05) is 24.0 Å². The Hall–Kier alpha value is -1.52. The maximum absolute atomic E-state index is 12.9. The van der Waals surface area contributed by atoms with Crippen molar-refractivity contribution < 1.29 is 9.21 Å². The molecule has 1 aliphatic heterocycles. The fraction of sp³-hybridized carbons (Fsp3) is 0.526. The molecule has 0 bridgehead atoms. The van der Waals surface area contributed by atoms with Crippen molar-refractivity contribution in [1.29, 1.82) is 0 Å². The summed E-state index contributed by atoms with van der Waals surface area (Å²) in [5, 5.41) is 1.48. The summed E-state index contributed by atoms with van der Waals surface area (Å²) in [6, 6.07) is 6.37. The molecule has 2 heterocycles. The first kappa shape index (κ1) is 16.0. The molecule has 2 aromatic rings. The maximum Gasteiger partial charge on any atom is 0.289 e. The van der Waals surface area contributed by atoms with Gasteiger partial charge in [-0.05, 0) is 25.8 Å². The Bertz CT molecular complexity index is 756. The number of fused-ring (bicyclic) bond motifs is 1. The molecule has 2 fully saturated rings. The molecule has 1 aromatic heterocycles. The van der Waals surface area contributed by atoms with Gasteiger partial charge in [-0.15, -0.1) is 0 Å². The van der Waals surface area contributed by atoms with E-state index in [9.17, 15) is 4.79 Å². The molecular weight excluding hydrogens is 324 g/mol. The summed E-state index contributed by atoms with van der Waals surface area (Å²) in [6.07, 6.45) is 5.33. The monoisotopic (exact) mass is 346 g/mol. The van der Waals surface area contributed by atoms with E-state index < -0.39 is 0 Å². The Morgan fingerprint density at radius 3 is 2.54 bits per heavy atom. The molecular formula is C19H23ClN2O2. The lowest BCUT2D eigenvalue weighted by atomic mass is 10.1. The first-order valence-electron chi connectivity index (χ1n) is 8.86. The summed E-state index contributed by atoms with van der Waals surface area (Å²) in [7, 11) is 0. The van der Waals surface area contributed by atoms with Crippen molar-refractivity contribution in [2.24, 2.45) is 0 Å². The van der Waals surface area contributed by atoms with Crippen LogP contribution in [-0.4, -0.2) is 47.9 Å². The zero-order chi connectivity index (χ0) is 16.7. The van der Waals surface area contributed by atoms with Gasteiger partial charge in [-0.1, -0.05) is 36.6 Å². The average Bonchev–Trinajstić information content (AvgIpc) is 3.24. The van der Waals surface area contributed by atoms with Crippen LogP contribution in [-0.2, 0) is 0 Å². The number of para-hydroxylation sites is 1. The van der Waals surface area contributed by atoms with Crippen molar-refractivity contribution in [3.8, 4) is 0 Å². The van der Waals surface area contributed by atoms with Gasteiger partial charge in [0.1, 0.15) is 0 Å². The highest BCUT2D eigenvalue weighted by molar-refractivity contribution is 6.35. The standard InChI is InChI=1S/C19H23ClN2O2/c1-13-15-7-4-8-16(20)18(15)24-17(13)19(23)22-11-9-21(10-12-22)14-5-2-3-6-14/h4,7-8,14H,2-3,5-6,9-12H2,1H3. The van der Waals surface area contributed by atoms with Gasteiger partial charge < -0.3 is 9.32 Å². The van der Waals surface area contributed by atoms with E-state index in [4.69, 9.17) is 16.0 Å². The van der Waals surface area contributed by atoms with Crippen molar-refractivity contribution in [3.05, 3.63) is 34.5 Å². The molecule has 5 heteroatoms. The Morgan fingerprint density at radius 2 is 1.88 bits per heavy atom. The Labute approximate surface area is 147 Å². The number of carbonyl (C=O) groups excluding carboxylic acids is 1. The van der Waals surface area contributed by atoms with Crippen LogP contribution >= 0.6 is 11.6 Å². The van der Waals surface area contributed by atoms with Crippen LogP contribution in [0.3, 0.4) is 0 Å². The minimum Gasteiger partial charge on any atom is -0.449 e. The summed E-state index contributed by atoms with van der Waals surface area (Å²) in [4.78, 5) is 17.4. The number of benzene rings is 1. The van der Waals surface area contributed by atoms with Gasteiger partial charge in [0.2, 0.25) is 0 Å². The number of nitrogens with zero attached hydrogens (tertiary/aromatic N) is 2. The van der Waals surface area contributed by atoms with E-state index in [-0.39, 0.29) is 5.91 Å². The zero-order valence-corrected chi connectivity index (χ0v) is 14.8. The quantitative estimate of drug-likeness (QED) is 0.821. The largest absolute Gasteiger partial charge is 0.449 e. The SMILES string of the molecule is Cc1c(C(=O)N2CCN(C3CCCC3)CC2)oc2c(Cl)cccc12. The predicted molar refractivity (Wildman–Crippen MR) is 95.7 cm³/mol. The van der Waals surface area contributed by atoms with E-state index in [1.54, 1.807) is 6.07 Å². The average molecular weight is 347 g/mol. The normalized spacial score (nSPS) is 20.2. The highest BCUT2D eigenvalue weighted by Gasteiger charge is 2.30. The van der Waals surface area contributed by atoms with Crippen LogP contribution in [0.2, 0.25) is 5.02 Å². The van der Waals surface area contributed by atoms with Gasteiger partial charge in [0.15, 0.2) is 11.3 Å². The second kappa shape index (κ2) is 6.41. The predicted octanol–water partition coefficient (Wildman–Crippen LogP) is 4.10. The molecule has 24 heavy (non-hydrogen) atoms. The molecule has 0 N–H and O–H groups in total. The van der Waals surface area contributed by atoms with Crippen LogP contribution in [0.15, 0.2) is 22.6 Å². The fourth-order valence-electron chi connectivity index (χ4n) is 4.12. The molecule has 0 unspecified atom stereocenters. The highest BCUT2D eigenvalue weighted by Crippen LogP contribution is 2.31. The molecule has 4 rings (SSSR count). The minimum absolute atomic E-state index is 0.00848. The third-order valence-electron chi connectivity index (χ3n) is 5.55. The van der Waals surface area contributed by atoms with Gasteiger partial charge >= 0.3 is 0 Å². The molecule has 0 radical (unpaired) electrons. The molecule has 1 amide bonds.